The molecule has 18 heavy (non-hydrogen) atoms. The standard InChI is InChI=1S/C13H19N3O2/c1-3-15-6-7-16(9-10(15)2)13(18)11-4-5-14-8-12(11)17/h4-5,8,10,17H,3,6-7,9H2,1-2H3. The minimum Gasteiger partial charge on any atom is -0.505 e. The Morgan fingerprint density at radius 3 is 2.94 bits per heavy atom. The topological polar surface area (TPSA) is 56.7 Å². The van der Waals surface area contributed by atoms with Gasteiger partial charge in [0.1, 0.15) is 5.75 Å². The molecule has 1 aromatic rings. The number of hydrogen-bond acceptors (Lipinski definition) is 4. The molecule has 0 aromatic carbocycles. The van der Waals surface area contributed by atoms with E-state index in [9.17, 15) is 9.90 Å². The molecule has 1 aliphatic heterocycles. The Bertz CT molecular complexity index is 436. The summed E-state index contributed by atoms with van der Waals surface area (Å²) in [5.41, 5.74) is 0.335. The van der Waals surface area contributed by atoms with Crippen molar-refractivity contribution < 1.29 is 9.90 Å². The van der Waals surface area contributed by atoms with Gasteiger partial charge in [-0.2, -0.15) is 0 Å². The van der Waals surface area contributed by atoms with Crippen LogP contribution in [0.1, 0.15) is 24.2 Å². The van der Waals surface area contributed by atoms with Crippen molar-refractivity contribution >= 4 is 5.91 Å². The van der Waals surface area contributed by atoms with E-state index in [1.807, 2.05) is 0 Å². The number of aromatic hydroxyl groups is 1. The molecule has 0 spiro atoms. The first-order valence-electron chi connectivity index (χ1n) is 6.29. The van der Waals surface area contributed by atoms with E-state index in [-0.39, 0.29) is 11.7 Å². The van der Waals surface area contributed by atoms with Gasteiger partial charge in [-0.25, -0.2) is 0 Å². The van der Waals surface area contributed by atoms with Gasteiger partial charge in [0, 0.05) is 31.9 Å². The zero-order chi connectivity index (χ0) is 13.1. The average molecular weight is 249 g/mol. The summed E-state index contributed by atoms with van der Waals surface area (Å²) < 4.78 is 0. The lowest BCUT2D eigenvalue weighted by Gasteiger charge is -2.39. The normalized spacial score (nSPS) is 21.0. The van der Waals surface area contributed by atoms with E-state index in [1.54, 1.807) is 11.0 Å². The molecule has 0 bridgehead atoms. The Morgan fingerprint density at radius 1 is 1.56 bits per heavy atom. The van der Waals surface area contributed by atoms with Crippen LogP contribution in [-0.4, -0.2) is 58.0 Å². The van der Waals surface area contributed by atoms with Gasteiger partial charge in [0.2, 0.25) is 0 Å². The molecule has 1 fully saturated rings. The first kappa shape index (κ1) is 12.8. The smallest absolute Gasteiger partial charge is 0.257 e. The monoisotopic (exact) mass is 249 g/mol. The highest BCUT2D eigenvalue weighted by Crippen LogP contribution is 2.18. The van der Waals surface area contributed by atoms with Gasteiger partial charge < -0.3 is 10.0 Å². The molecule has 1 atom stereocenters. The Morgan fingerprint density at radius 2 is 2.33 bits per heavy atom. The molecule has 1 aromatic heterocycles. The maximum atomic E-state index is 12.3. The molecule has 2 rings (SSSR count). The van der Waals surface area contributed by atoms with Crippen molar-refractivity contribution in [2.45, 2.75) is 19.9 Å². The fourth-order valence-electron chi connectivity index (χ4n) is 2.39. The maximum absolute atomic E-state index is 12.3. The number of hydrogen-bond donors (Lipinski definition) is 1. The summed E-state index contributed by atoms with van der Waals surface area (Å²) in [5, 5.41) is 9.66. The van der Waals surface area contributed by atoms with Crippen molar-refractivity contribution in [3.8, 4) is 5.75 Å². The summed E-state index contributed by atoms with van der Waals surface area (Å²) in [7, 11) is 0. The molecule has 0 saturated carbocycles. The molecule has 2 heterocycles. The number of carbonyl (C=O) groups excluding carboxylic acids is 1. The van der Waals surface area contributed by atoms with E-state index in [0.29, 0.717) is 24.7 Å². The van der Waals surface area contributed by atoms with Gasteiger partial charge in [-0.15, -0.1) is 0 Å². The molecule has 1 aliphatic rings. The third kappa shape index (κ3) is 2.46. The van der Waals surface area contributed by atoms with Crippen LogP contribution in [0.4, 0.5) is 0 Å². The molecular formula is C13H19N3O2. The van der Waals surface area contributed by atoms with E-state index >= 15 is 0 Å². The summed E-state index contributed by atoms with van der Waals surface area (Å²) in [6, 6.07) is 1.92. The van der Waals surface area contributed by atoms with Crippen molar-refractivity contribution in [1.29, 1.82) is 0 Å². The van der Waals surface area contributed by atoms with Crippen molar-refractivity contribution in [2.24, 2.45) is 0 Å². The number of aromatic nitrogens is 1. The number of likely N-dealkylation sites (N-methyl/N-ethyl adjacent to an activating group) is 1. The van der Waals surface area contributed by atoms with Crippen LogP contribution in [0, 0.1) is 0 Å². The van der Waals surface area contributed by atoms with Crippen LogP contribution in [0.5, 0.6) is 5.75 Å². The number of carbonyl (C=O) groups is 1. The Balaban J connectivity index is 2.10. The highest BCUT2D eigenvalue weighted by molar-refractivity contribution is 5.96. The summed E-state index contributed by atoms with van der Waals surface area (Å²) in [6.07, 6.45) is 2.83. The van der Waals surface area contributed by atoms with Crippen LogP contribution in [0.25, 0.3) is 0 Å². The average Bonchev–Trinajstić information content (AvgIpc) is 2.38. The van der Waals surface area contributed by atoms with Crippen LogP contribution in [0.15, 0.2) is 18.5 Å². The minimum absolute atomic E-state index is 0.0481. The van der Waals surface area contributed by atoms with Gasteiger partial charge in [0.05, 0.1) is 11.8 Å². The molecule has 1 saturated heterocycles. The largest absolute Gasteiger partial charge is 0.505 e. The highest BCUT2D eigenvalue weighted by atomic mass is 16.3. The molecule has 0 radical (unpaired) electrons. The van der Waals surface area contributed by atoms with Gasteiger partial charge in [0.15, 0.2) is 0 Å². The van der Waals surface area contributed by atoms with Crippen LogP contribution in [0.3, 0.4) is 0 Å². The van der Waals surface area contributed by atoms with Gasteiger partial charge >= 0.3 is 0 Å². The zero-order valence-corrected chi connectivity index (χ0v) is 10.8. The van der Waals surface area contributed by atoms with E-state index < -0.39 is 0 Å². The van der Waals surface area contributed by atoms with Gasteiger partial charge in [0.25, 0.3) is 5.91 Å². The second-order valence-electron chi connectivity index (χ2n) is 4.62. The van der Waals surface area contributed by atoms with Crippen LogP contribution >= 0.6 is 0 Å². The molecule has 1 N–H and O–H groups in total. The summed E-state index contributed by atoms with van der Waals surface area (Å²) >= 11 is 0. The van der Waals surface area contributed by atoms with Crippen LogP contribution < -0.4 is 0 Å². The number of pyridine rings is 1. The van der Waals surface area contributed by atoms with E-state index in [2.05, 4.69) is 23.7 Å². The minimum atomic E-state index is -0.113. The third-order valence-corrected chi connectivity index (χ3v) is 3.49. The summed E-state index contributed by atoms with van der Waals surface area (Å²) in [5.74, 6) is -0.162. The van der Waals surface area contributed by atoms with Crippen LogP contribution in [0.2, 0.25) is 0 Å². The van der Waals surface area contributed by atoms with E-state index in [4.69, 9.17) is 0 Å². The Hall–Kier alpha value is -1.62. The molecule has 1 amide bonds. The molecular weight excluding hydrogens is 230 g/mol. The third-order valence-electron chi connectivity index (χ3n) is 3.49. The summed E-state index contributed by atoms with van der Waals surface area (Å²) in [4.78, 5) is 20.2. The highest BCUT2D eigenvalue weighted by Gasteiger charge is 2.27. The molecule has 5 nitrogen and oxygen atoms in total. The van der Waals surface area contributed by atoms with E-state index in [0.717, 1.165) is 13.1 Å². The summed E-state index contributed by atoms with van der Waals surface area (Å²) in [6.45, 7) is 7.55. The zero-order valence-electron chi connectivity index (χ0n) is 10.8. The van der Waals surface area contributed by atoms with Gasteiger partial charge in [-0.1, -0.05) is 6.92 Å². The number of nitrogens with zero attached hydrogens (tertiary/aromatic N) is 3. The molecule has 0 aliphatic carbocycles. The predicted molar refractivity (Wildman–Crippen MR) is 68.5 cm³/mol. The van der Waals surface area contributed by atoms with Crippen molar-refractivity contribution in [1.82, 2.24) is 14.8 Å². The van der Waals surface area contributed by atoms with Crippen molar-refractivity contribution in [3.63, 3.8) is 0 Å². The second-order valence-corrected chi connectivity index (χ2v) is 4.62. The lowest BCUT2D eigenvalue weighted by molar-refractivity contribution is 0.0525. The van der Waals surface area contributed by atoms with Crippen LogP contribution in [-0.2, 0) is 0 Å². The number of piperazine rings is 1. The van der Waals surface area contributed by atoms with Gasteiger partial charge in [-0.05, 0) is 19.5 Å². The lowest BCUT2D eigenvalue weighted by atomic mass is 10.1. The fourth-order valence-corrected chi connectivity index (χ4v) is 2.39. The van der Waals surface area contributed by atoms with E-state index in [1.165, 1.54) is 12.4 Å². The number of amides is 1. The molecule has 98 valence electrons. The first-order chi connectivity index (χ1) is 8.63. The second kappa shape index (κ2) is 5.35. The quantitative estimate of drug-likeness (QED) is 0.848. The maximum Gasteiger partial charge on any atom is 0.257 e. The fraction of sp³-hybridized carbons (Fsp3) is 0.538. The van der Waals surface area contributed by atoms with Crippen molar-refractivity contribution in [2.75, 3.05) is 26.2 Å². The lowest BCUT2D eigenvalue weighted by Crippen LogP contribution is -2.53. The Labute approximate surface area is 107 Å². The number of rotatable bonds is 2. The first-order valence-corrected chi connectivity index (χ1v) is 6.29. The van der Waals surface area contributed by atoms with Gasteiger partial charge in [-0.3, -0.25) is 14.7 Å². The Kier molecular flexibility index (Phi) is 3.81. The SMILES string of the molecule is CCN1CCN(C(=O)c2ccncc2O)CC1C. The predicted octanol–water partition coefficient (Wildman–Crippen LogP) is 0.953. The molecule has 5 heteroatoms. The van der Waals surface area contributed by atoms with Crippen molar-refractivity contribution in [3.05, 3.63) is 24.0 Å². The molecule has 1 unspecified atom stereocenters.